The highest BCUT2D eigenvalue weighted by atomic mass is 127. The Morgan fingerprint density at radius 1 is 1.29 bits per heavy atom. The molecule has 0 saturated heterocycles. The zero-order valence-electron chi connectivity index (χ0n) is 16.0. The van der Waals surface area contributed by atoms with Crippen LogP contribution < -0.4 is 20.1 Å². The van der Waals surface area contributed by atoms with Crippen LogP contribution in [0.15, 0.2) is 29.4 Å². The molecule has 2 N–H and O–H groups in total. The number of hydrogen-bond acceptors (Lipinski definition) is 5. The molecule has 1 aromatic carbocycles. The van der Waals surface area contributed by atoms with Crippen LogP contribution in [0.5, 0.6) is 11.5 Å². The fourth-order valence-corrected chi connectivity index (χ4v) is 3.08. The fraction of sp³-hybridized carbons (Fsp3) is 0.444. The summed E-state index contributed by atoms with van der Waals surface area (Å²) in [7, 11) is 0. The Balaban J connectivity index is 0.00000392. The molecule has 6 nitrogen and oxygen atoms in total. The first kappa shape index (κ1) is 24.3. The summed E-state index contributed by atoms with van der Waals surface area (Å²) in [6.07, 6.45) is 1.82. The van der Waals surface area contributed by atoms with Crippen molar-refractivity contribution >= 4 is 41.3 Å². The predicted molar refractivity (Wildman–Crippen MR) is 118 cm³/mol. The summed E-state index contributed by atoms with van der Waals surface area (Å²) in [5.41, 5.74) is 0.520. The highest BCUT2D eigenvalue weighted by Crippen LogP contribution is 2.33. The summed E-state index contributed by atoms with van der Waals surface area (Å²) in [4.78, 5) is 9.77. The number of para-hydroxylation sites is 1. The van der Waals surface area contributed by atoms with Crippen LogP contribution in [0.3, 0.4) is 0 Å². The molecule has 2 aromatic rings. The summed E-state index contributed by atoms with van der Waals surface area (Å²) in [6.45, 7) is 4.52. The lowest BCUT2D eigenvalue weighted by Crippen LogP contribution is -2.36. The number of aromatic nitrogens is 1. The average Bonchev–Trinajstić information content (AvgIpc) is 3.04. The lowest BCUT2D eigenvalue weighted by Gasteiger charge is -2.15. The number of rotatable bonds is 9. The SMILES string of the molecule is CCNC(=NCc1cccc(OCC)c1OC(F)F)NCc1cnc(C)s1.I. The lowest BCUT2D eigenvalue weighted by atomic mass is 10.2. The van der Waals surface area contributed by atoms with E-state index in [1.165, 1.54) is 0 Å². The molecule has 0 radical (unpaired) electrons. The van der Waals surface area contributed by atoms with E-state index in [4.69, 9.17) is 4.74 Å². The lowest BCUT2D eigenvalue weighted by molar-refractivity contribution is -0.0520. The van der Waals surface area contributed by atoms with Crippen LogP contribution in [0, 0.1) is 6.92 Å². The van der Waals surface area contributed by atoms with Gasteiger partial charge in [-0.25, -0.2) is 9.98 Å². The van der Waals surface area contributed by atoms with Gasteiger partial charge in [-0.3, -0.25) is 0 Å². The van der Waals surface area contributed by atoms with Crippen molar-refractivity contribution in [1.82, 2.24) is 15.6 Å². The number of halogens is 3. The monoisotopic (exact) mass is 526 g/mol. The molecule has 1 heterocycles. The van der Waals surface area contributed by atoms with Crippen molar-refractivity contribution in [3.63, 3.8) is 0 Å². The normalized spacial score (nSPS) is 11.1. The standard InChI is InChI=1S/C18H24F2N4O2S.HI/c1-4-21-18(24-11-14-10-22-12(3)27-14)23-9-13-7-6-8-15(25-5-2)16(13)26-17(19)20;/h6-8,10,17H,4-5,9,11H2,1-3H3,(H2,21,23,24);1H. The van der Waals surface area contributed by atoms with Gasteiger partial charge in [0.1, 0.15) is 0 Å². The molecule has 0 unspecified atom stereocenters. The Morgan fingerprint density at radius 3 is 2.68 bits per heavy atom. The van der Waals surface area contributed by atoms with E-state index in [1.54, 1.807) is 36.5 Å². The third kappa shape index (κ3) is 7.74. The highest BCUT2D eigenvalue weighted by molar-refractivity contribution is 14.0. The van der Waals surface area contributed by atoms with E-state index in [9.17, 15) is 8.78 Å². The van der Waals surface area contributed by atoms with Crippen LogP contribution in [0.1, 0.15) is 29.3 Å². The van der Waals surface area contributed by atoms with E-state index in [0.717, 1.165) is 9.88 Å². The second-order valence-electron chi connectivity index (χ2n) is 5.45. The fourth-order valence-electron chi connectivity index (χ4n) is 2.34. The quantitative estimate of drug-likeness (QED) is 0.290. The van der Waals surface area contributed by atoms with Gasteiger partial charge in [-0.15, -0.1) is 35.3 Å². The van der Waals surface area contributed by atoms with Crippen LogP contribution in [0.2, 0.25) is 0 Å². The van der Waals surface area contributed by atoms with Crippen molar-refractivity contribution in [2.24, 2.45) is 4.99 Å². The smallest absolute Gasteiger partial charge is 0.387 e. The number of ether oxygens (including phenoxy) is 2. The van der Waals surface area contributed by atoms with Gasteiger partial charge in [-0.1, -0.05) is 12.1 Å². The van der Waals surface area contributed by atoms with Gasteiger partial charge in [0.25, 0.3) is 0 Å². The molecular weight excluding hydrogens is 501 g/mol. The second-order valence-corrected chi connectivity index (χ2v) is 6.77. The summed E-state index contributed by atoms with van der Waals surface area (Å²) < 4.78 is 35.7. The van der Waals surface area contributed by atoms with Crippen LogP contribution in [0.25, 0.3) is 0 Å². The zero-order valence-corrected chi connectivity index (χ0v) is 19.1. The van der Waals surface area contributed by atoms with E-state index >= 15 is 0 Å². The van der Waals surface area contributed by atoms with E-state index < -0.39 is 6.61 Å². The molecule has 28 heavy (non-hydrogen) atoms. The van der Waals surface area contributed by atoms with Gasteiger partial charge in [0.2, 0.25) is 0 Å². The van der Waals surface area contributed by atoms with Gasteiger partial charge in [0.15, 0.2) is 17.5 Å². The van der Waals surface area contributed by atoms with E-state index in [-0.39, 0.29) is 42.0 Å². The maximum Gasteiger partial charge on any atom is 0.387 e. The van der Waals surface area contributed by atoms with Gasteiger partial charge < -0.3 is 20.1 Å². The van der Waals surface area contributed by atoms with E-state index in [0.29, 0.717) is 31.2 Å². The molecule has 2 rings (SSSR count). The van der Waals surface area contributed by atoms with Crippen molar-refractivity contribution in [2.75, 3.05) is 13.2 Å². The first-order valence-corrected chi connectivity index (χ1v) is 9.48. The zero-order chi connectivity index (χ0) is 19.6. The molecule has 0 saturated carbocycles. The molecule has 0 atom stereocenters. The van der Waals surface area contributed by atoms with Crippen molar-refractivity contribution < 1.29 is 18.3 Å². The third-order valence-corrected chi connectivity index (χ3v) is 4.33. The van der Waals surface area contributed by atoms with Crippen molar-refractivity contribution in [3.05, 3.63) is 39.8 Å². The molecule has 1 aromatic heterocycles. The molecule has 0 spiro atoms. The molecule has 0 bridgehead atoms. The number of aliphatic imine (C=N–C) groups is 1. The van der Waals surface area contributed by atoms with Crippen molar-refractivity contribution in [3.8, 4) is 11.5 Å². The number of hydrogen-bond donors (Lipinski definition) is 2. The van der Waals surface area contributed by atoms with Crippen LogP contribution >= 0.6 is 35.3 Å². The predicted octanol–water partition coefficient (Wildman–Crippen LogP) is 4.32. The van der Waals surface area contributed by atoms with Gasteiger partial charge in [0, 0.05) is 23.2 Å². The van der Waals surface area contributed by atoms with Crippen LogP contribution in [-0.4, -0.2) is 30.7 Å². The number of guanidine groups is 1. The topological polar surface area (TPSA) is 67.8 Å². The molecule has 0 amide bonds. The third-order valence-electron chi connectivity index (χ3n) is 3.42. The van der Waals surface area contributed by atoms with Crippen molar-refractivity contribution in [1.29, 1.82) is 0 Å². The summed E-state index contributed by atoms with van der Waals surface area (Å²) in [5, 5.41) is 7.34. The number of benzene rings is 1. The Bertz CT molecular complexity index is 759. The van der Waals surface area contributed by atoms with E-state index in [2.05, 4.69) is 25.3 Å². The second kappa shape index (κ2) is 12.7. The number of aryl methyl sites for hydroxylation is 1. The van der Waals surface area contributed by atoms with Gasteiger partial charge >= 0.3 is 6.61 Å². The molecule has 0 aliphatic rings. The Kier molecular flexibility index (Phi) is 11.0. The first-order chi connectivity index (χ1) is 13.0. The number of thiazole rings is 1. The molecule has 0 fully saturated rings. The van der Waals surface area contributed by atoms with E-state index in [1.807, 2.05) is 20.0 Å². The minimum absolute atomic E-state index is 0. The largest absolute Gasteiger partial charge is 0.490 e. The minimum atomic E-state index is -2.93. The molecular formula is C18H25F2IN4O2S. The first-order valence-electron chi connectivity index (χ1n) is 8.66. The average molecular weight is 526 g/mol. The molecule has 156 valence electrons. The maximum absolute atomic E-state index is 12.8. The van der Waals surface area contributed by atoms with Crippen LogP contribution in [0.4, 0.5) is 8.78 Å². The minimum Gasteiger partial charge on any atom is -0.490 e. The highest BCUT2D eigenvalue weighted by Gasteiger charge is 2.15. The van der Waals surface area contributed by atoms with Crippen molar-refractivity contribution in [2.45, 2.75) is 40.5 Å². The Labute approximate surface area is 184 Å². The maximum atomic E-state index is 12.8. The molecule has 0 aliphatic heterocycles. The number of alkyl halides is 2. The van der Waals surface area contributed by atoms with Crippen LogP contribution in [-0.2, 0) is 13.1 Å². The number of nitrogens with one attached hydrogen (secondary N) is 2. The number of nitrogens with zero attached hydrogens (tertiary/aromatic N) is 2. The Hall–Kier alpha value is -1.69. The van der Waals surface area contributed by atoms with Gasteiger partial charge in [-0.05, 0) is 26.8 Å². The molecule has 0 aliphatic carbocycles. The van der Waals surface area contributed by atoms with Gasteiger partial charge in [0.05, 0.1) is 24.7 Å². The summed E-state index contributed by atoms with van der Waals surface area (Å²) in [6, 6.07) is 5.03. The summed E-state index contributed by atoms with van der Waals surface area (Å²) in [5.74, 6) is 0.879. The van der Waals surface area contributed by atoms with Gasteiger partial charge in [-0.2, -0.15) is 8.78 Å². The summed E-state index contributed by atoms with van der Waals surface area (Å²) >= 11 is 1.60. The molecule has 10 heteroatoms. The Morgan fingerprint density at radius 2 is 2.07 bits per heavy atom.